The second-order valence-electron chi connectivity index (χ2n) is 10.7. The molecular formula is C33H35BrN2O4. The molecule has 4 rings (SSSR count). The number of halogens is 1. The van der Waals surface area contributed by atoms with E-state index >= 15 is 0 Å². The lowest BCUT2D eigenvalue weighted by molar-refractivity contribution is -0.143. The van der Waals surface area contributed by atoms with Crippen molar-refractivity contribution < 1.29 is 19.1 Å². The van der Waals surface area contributed by atoms with Gasteiger partial charge in [-0.15, -0.1) is 0 Å². The van der Waals surface area contributed by atoms with Crippen molar-refractivity contribution in [3.05, 3.63) is 107 Å². The van der Waals surface area contributed by atoms with E-state index in [0.29, 0.717) is 17.9 Å². The second kappa shape index (κ2) is 13.0. The number of carbonyl (C=O) groups is 2. The van der Waals surface area contributed by atoms with Crippen molar-refractivity contribution in [1.29, 1.82) is 0 Å². The fourth-order valence-electron chi connectivity index (χ4n) is 4.52. The van der Waals surface area contributed by atoms with E-state index in [9.17, 15) is 9.59 Å². The van der Waals surface area contributed by atoms with Crippen molar-refractivity contribution in [3.8, 4) is 11.5 Å². The predicted molar refractivity (Wildman–Crippen MR) is 163 cm³/mol. The van der Waals surface area contributed by atoms with Crippen molar-refractivity contribution in [2.45, 2.75) is 45.3 Å². The van der Waals surface area contributed by atoms with Crippen LogP contribution >= 0.6 is 15.9 Å². The second-order valence-corrected chi connectivity index (χ2v) is 11.5. The van der Waals surface area contributed by atoms with E-state index in [-0.39, 0.29) is 25.0 Å². The average molecular weight is 604 g/mol. The maximum Gasteiger partial charge on any atom is 0.261 e. The fourth-order valence-corrected chi connectivity index (χ4v) is 5.13. The molecule has 0 bridgehead atoms. The summed E-state index contributed by atoms with van der Waals surface area (Å²) >= 11 is 3.64. The van der Waals surface area contributed by atoms with E-state index in [4.69, 9.17) is 9.47 Å². The molecule has 208 valence electrons. The summed E-state index contributed by atoms with van der Waals surface area (Å²) in [6, 6.07) is 28.3. The lowest BCUT2D eigenvalue weighted by Gasteiger charge is -2.34. The topological polar surface area (TPSA) is 67.9 Å². The zero-order valence-electron chi connectivity index (χ0n) is 23.3. The minimum Gasteiger partial charge on any atom is -0.497 e. The first-order valence-electron chi connectivity index (χ1n) is 13.2. The summed E-state index contributed by atoms with van der Waals surface area (Å²) in [6.07, 6.45) is 0.359. The molecule has 0 aliphatic rings. The molecule has 0 spiro atoms. The number of amides is 2. The molecule has 0 saturated heterocycles. The van der Waals surface area contributed by atoms with Crippen molar-refractivity contribution in [3.63, 3.8) is 0 Å². The molecule has 40 heavy (non-hydrogen) atoms. The van der Waals surface area contributed by atoms with Gasteiger partial charge >= 0.3 is 0 Å². The summed E-state index contributed by atoms with van der Waals surface area (Å²) in [7, 11) is 1.60. The van der Waals surface area contributed by atoms with Gasteiger partial charge in [0.15, 0.2) is 6.61 Å². The number of rotatable bonds is 10. The molecule has 0 aromatic heterocycles. The highest BCUT2D eigenvalue weighted by Crippen LogP contribution is 2.33. The number of carbonyl (C=O) groups excluding carboxylic acids is 2. The summed E-state index contributed by atoms with van der Waals surface area (Å²) in [5, 5.41) is 5.14. The highest BCUT2D eigenvalue weighted by atomic mass is 79.9. The lowest BCUT2D eigenvalue weighted by Crippen LogP contribution is -2.55. The Morgan fingerprint density at radius 2 is 1.60 bits per heavy atom. The van der Waals surface area contributed by atoms with Gasteiger partial charge in [0, 0.05) is 18.5 Å². The van der Waals surface area contributed by atoms with Gasteiger partial charge in [0.25, 0.3) is 5.91 Å². The van der Waals surface area contributed by atoms with Gasteiger partial charge in [-0.1, -0.05) is 72.8 Å². The molecule has 4 aromatic carbocycles. The highest BCUT2D eigenvalue weighted by molar-refractivity contribution is 9.10. The predicted octanol–water partition coefficient (Wildman–Crippen LogP) is 6.54. The summed E-state index contributed by atoms with van der Waals surface area (Å²) in [6.45, 7) is 5.78. The SMILES string of the molecule is COc1cccc(CN(C(=O)COc2ccc3ccccc3c2Br)[C@H](Cc2ccccc2)C(=O)NC(C)(C)C)c1. The molecular weight excluding hydrogens is 568 g/mol. The molecule has 1 N–H and O–H groups in total. The Kier molecular flexibility index (Phi) is 9.48. The van der Waals surface area contributed by atoms with Gasteiger partial charge in [0.1, 0.15) is 17.5 Å². The van der Waals surface area contributed by atoms with Crippen molar-refractivity contribution in [2.75, 3.05) is 13.7 Å². The number of methoxy groups -OCH3 is 1. The molecule has 7 heteroatoms. The van der Waals surface area contributed by atoms with Gasteiger partial charge in [-0.25, -0.2) is 0 Å². The lowest BCUT2D eigenvalue weighted by atomic mass is 10.0. The quantitative estimate of drug-likeness (QED) is 0.224. The molecule has 6 nitrogen and oxygen atoms in total. The molecule has 0 fully saturated rings. The van der Waals surface area contributed by atoms with E-state index in [2.05, 4.69) is 21.2 Å². The third kappa shape index (κ3) is 7.63. The van der Waals surface area contributed by atoms with E-state index in [0.717, 1.165) is 26.4 Å². The van der Waals surface area contributed by atoms with E-state index in [1.54, 1.807) is 12.0 Å². The summed E-state index contributed by atoms with van der Waals surface area (Å²) in [5.74, 6) is 0.722. The van der Waals surface area contributed by atoms with E-state index in [1.165, 1.54) is 0 Å². The van der Waals surface area contributed by atoms with Crippen LogP contribution in [0.4, 0.5) is 0 Å². The van der Waals surface area contributed by atoms with Crippen LogP contribution < -0.4 is 14.8 Å². The largest absolute Gasteiger partial charge is 0.497 e. The Labute approximate surface area is 244 Å². The number of hydrogen-bond donors (Lipinski definition) is 1. The van der Waals surface area contributed by atoms with Crippen LogP contribution in [0.1, 0.15) is 31.9 Å². The van der Waals surface area contributed by atoms with Crippen molar-refractivity contribution in [2.24, 2.45) is 0 Å². The molecule has 0 saturated carbocycles. The Morgan fingerprint density at radius 3 is 2.33 bits per heavy atom. The van der Waals surface area contributed by atoms with Crippen LogP contribution in [-0.2, 0) is 22.6 Å². The maximum absolute atomic E-state index is 13.9. The smallest absolute Gasteiger partial charge is 0.261 e. The van der Waals surface area contributed by atoms with Gasteiger partial charge in [0.05, 0.1) is 11.6 Å². The van der Waals surface area contributed by atoms with Crippen LogP contribution in [0.25, 0.3) is 10.8 Å². The molecule has 0 unspecified atom stereocenters. The third-order valence-corrected chi connectivity index (χ3v) is 7.25. The fraction of sp³-hybridized carbons (Fsp3) is 0.273. The number of hydrogen-bond acceptors (Lipinski definition) is 4. The number of ether oxygens (including phenoxy) is 2. The number of nitrogens with zero attached hydrogens (tertiary/aromatic N) is 1. The standard InChI is InChI=1S/C33H35BrN2O4/c1-33(2,3)35-32(38)28(20-23-11-6-5-7-12-23)36(21-24-13-10-15-26(19-24)39-4)30(37)22-40-29-18-17-25-14-8-9-16-27(25)31(29)34/h5-19,28H,20-22H2,1-4H3,(H,35,38)/t28-/m1/s1. The Morgan fingerprint density at radius 1 is 0.900 bits per heavy atom. The summed E-state index contributed by atoms with van der Waals surface area (Å²) in [5.41, 5.74) is 1.34. The van der Waals surface area contributed by atoms with Crippen LogP contribution in [0.5, 0.6) is 11.5 Å². The summed E-state index contributed by atoms with van der Waals surface area (Å²) in [4.78, 5) is 29.3. The molecule has 0 aliphatic carbocycles. The molecule has 2 amide bonds. The summed E-state index contributed by atoms with van der Waals surface area (Å²) < 4.78 is 12.2. The molecule has 0 radical (unpaired) electrons. The zero-order valence-corrected chi connectivity index (χ0v) is 24.9. The number of benzene rings is 4. The monoisotopic (exact) mass is 602 g/mol. The maximum atomic E-state index is 13.9. The highest BCUT2D eigenvalue weighted by Gasteiger charge is 2.32. The Hall–Kier alpha value is -3.84. The number of fused-ring (bicyclic) bond motifs is 1. The van der Waals surface area contributed by atoms with Crippen molar-refractivity contribution >= 4 is 38.5 Å². The first-order chi connectivity index (χ1) is 19.1. The molecule has 0 aliphatic heterocycles. The molecule has 4 aromatic rings. The van der Waals surface area contributed by atoms with Gasteiger partial charge in [-0.05, 0) is 76.8 Å². The average Bonchev–Trinajstić information content (AvgIpc) is 2.94. The zero-order chi connectivity index (χ0) is 28.7. The van der Waals surface area contributed by atoms with Crippen LogP contribution in [0, 0.1) is 0 Å². The van der Waals surface area contributed by atoms with Gasteiger partial charge in [-0.3, -0.25) is 9.59 Å². The Balaban J connectivity index is 1.67. The third-order valence-electron chi connectivity index (χ3n) is 6.44. The minimum absolute atomic E-state index is 0.216. The molecule has 0 heterocycles. The van der Waals surface area contributed by atoms with E-state index < -0.39 is 11.6 Å². The minimum atomic E-state index is -0.760. The van der Waals surface area contributed by atoms with Crippen LogP contribution in [0.15, 0.2) is 95.5 Å². The van der Waals surface area contributed by atoms with Crippen LogP contribution in [-0.4, -0.2) is 42.0 Å². The first kappa shape index (κ1) is 29.2. The molecule has 1 atom stereocenters. The van der Waals surface area contributed by atoms with E-state index in [1.807, 2.05) is 112 Å². The first-order valence-corrected chi connectivity index (χ1v) is 14.0. The van der Waals surface area contributed by atoms with Gasteiger partial charge in [-0.2, -0.15) is 0 Å². The number of nitrogens with one attached hydrogen (secondary N) is 1. The Bertz CT molecular complexity index is 1470. The van der Waals surface area contributed by atoms with Gasteiger partial charge in [0.2, 0.25) is 5.91 Å². The van der Waals surface area contributed by atoms with Crippen LogP contribution in [0.2, 0.25) is 0 Å². The van der Waals surface area contributed by atoms with Crippen molar-refractivity contribution in [1.82, 2.24) is 10.2 Å². The van der Waals surface area contributed by atoms with Crippen LogP contribution in [0.3, 0.4) is 0 Å². The van der Waals surface area contributed by atoms with Gasteiger partial charge < -0.3 is 19.7 Å². The normalized spacial score (nSPS) is 12.0.